The molecule has 3 rings (SSSR count). The van der Waals surface area contributed by atoms with Crippen molar-refractivity contribution < 1.29 is 22.7 Å². The second-order valence-corrected chi connectivity index (χ2v) is 7.36. The van der Waals surface area contributed by atoms with E-state index in [0.29, 0.717) is 11.4 Å². The van der Waals surface area contributed by atoms with Crippen LogP contribution in [0.3, 0.4) is 0 Å². The quantitative estimate of drug-likeness (QED) is 0.784. The van der Waals surface area contributed by atoms with Gasteiger partial charge in [-0.25, -0.2) is 13.1 Å². The zero-order chi connectivity index (χ0) is 19.1. The number of hydrogen-bond acceptors (Lipinski definition) is 6. The van der Waals surface area contributed by atoms with E-state index in [9.17, 15) is 22.8 Å². The lowest BCUT2D eigenvalue weighted by atomic mass is 10.2. The number of carbonyl (C=O) groups is 2. The Labute approximate surface area is 148 Å². The number of pyridine rings is 1. The molecule has 0 atom stereocenters. The van der Waals surface area contributed by atoms with Crippen molar-refractivity contribution in [3.63, 3.8) is 0 Å². The Balaban J connectivity index is 1.91. The van der Waals surface area contributed by atoms with Crippen LogP contribution in [0, 0.1) is 6.92 Å². The molecule has 2 amide bonds. The van der Waals surface area contributed by atoms with Gasteiger partial charge in [0.1, 0.15) is 11.3 Å². The van der Waals surface area contributed by atoms with Crippen LogP contribution < -0.4 is 20.3 Å². The van der Waals surface area contributed by atoms with Crippen LogP contribution in [-0.4, -0.2) is 31.4 Å². The third-order valence-electron chi connectivity index (χ3n) is 3.92. The number of sulfonamides is 1. The number of carbonyl (C=O) groups excluding carboxylic acids is 2. The number of nitrogens with one attached hydrogen (secondary N) is 2. The van der Waals surface area contributed by atoms with Crippen LogP contribution >= 0.6 is 0 Å². The molecule has 1 aromatic heterocycles. The summed E-state index contributed by atoms with van der Waals surface area (Å²) < 4.78 is 33.2. The molecule has 0 spiro atoms. The molecule has 0 aliphatic carbocycles. The second-order valence-electron chi connectivity index (χ2n) is 5.68. The number of fused-ring (bicyclic) bond motifs is 1. The van der Waals surface area contributed by atoms with Crippen LogP contribution in [0.2, 0.25) is 0 Å². The highest BCUT2D eigenvalue weighted by molar-refractivity contribution is 7.90. The molecule has 0 bridgehead atoms. The zero-order valence-electron chi connectivity index (χ0n) is 13.9. The average Bonchev–Trinajstić information content (AvgIpc) is 2.58. The number of nitrogens with zero attached hydrogens (tertiary/aromatic N) is 1. The van der Waals surface area contributed by atoms with Gasteiger partial charge in [0, 0.05) is 12.7 Å². The number of aromatic nitrogens is 1. The second kappa shape index (κ2) is 6.30. The van der Waals surface area contributed by atoms with Crippen molar-refractivity contribution in [1.29, 1.82) is 0 Å². The van der Waals surface area contributed by atoms with Gasteiger partial charge in [0.15, 0.2) is 6.61 Å². The molecule has 2 heterocycles. The normalized spacial score (nSPS) is 13.4. The lowest BCUT2D eigenvalue weighted by Crippen LogP contribution is -2.36. The maximum Gasteiger partial charge on any atom is 0.270 e. The van der Waals surface area contributed by atoms with Crippen LogP contribution in [0.15, 0.2) is 40.0 Å². The van der Waals surface area contributed by atoms with Crippen molar-refractivity contribution in [1.82, 2.24) is 9.29 Å². The molecule has 1 aromatic carbocycles. The molecule has 9 nitrogen and oxygen atoms in total. The highest BCUT2D eigenvalue weighted by Crippen LogP contribution is 2.30. The Bertz CT molecular complexity index is 1090. The molecule has 2 N–H and O–H groups in total. The number of amides is 2. The molecule has 1 aliphatic rings. The first-order valence-electron chi connectivity index (χ1n) is 7.49. The summed E-state index contributed by atoms with van der Waals surface area (Å²) in [6, 6.07) is 6.59. The summed E-state index contributed by atoms with van der Waals surface area (Å²) in [5.41, 5.74) is -0.0947. The van der Waals surface area contributed by atoms with E-state index in [4.69, 9.17) is 4.74 Å². The van der Waals surface area contributed by atoms with Gasteiger partial charge >= 0.3 is 0 Å². The minimum absolute atomic E-state index is 0.160. The monoisotopic (exact) mass is 377 g/mol. The average molecular weight is 377 g/mol. The number of ether oxygens (including phenoxy) is 1. The topological polar surface area (TPSA) is 124 Å². The fraction of sp³-hybridized carbons (Fsp3) is 0.188. The van der Waals surface area contributed by atoms with E-state index in [2.05, 4.69) is 5.32 Å². The minimum atomic E-state index is -4.25. The van der Waals surface area contributed by atoms with E-state index >= 15 is 0 Å². The minimum Gasteiger partial charge on any atom is -0.482 e. The van der Waals surface area contributed by atoms with Crippen molar-refractivity contribution in [2.45, 2.75) is 11.8 Å². The van der Waals surface area contributed by atoms with Crippen LogP contribution in [0.4, 0.5) is 5.69 Å². The van der Waals surface area contributed by atoms with E-state index in [1.165, 1.54) is 41.9 Å². The van der Waals surface area contributed by atoms with Gasteiger partial charge in [-0.05, 0) is 37.3 Å². The molecule has 1 aliphatic heterocycles. The Morgan fingerprint density at radius 1 is 1.23 bits per heavy atom. The van der Waals surface area contributed by atoms with Crippen LogP contribution in [0.5, 0.6) is 5.75 Å². The highest BCUT2D eigenvalue weighted by Gasteiger charge is 2.24. The van der Waals surface area contributed by atoms with E-state index < -0.39 is 27.4 Å². The summed E-state index contributed by atoms with van der Waals surface area (Å²) in [7, 11) is -2.77. The molecule has 0 fully saturated rings. The molecule has 2 aromatic rings. The summed E-state index contributed by atoms with van der Waals surface area (Å²) >= 11 is 0. The van der Waals surface area contributed by atoms with E-state index in [1.807, 2.05) is 4.72 Å². The predicted molar refractivity (Wildman–Crippen MR) is 91.6 cm³/mol. The largest absolute Gasteiger partial charge is 0.482 e. The third kappa shape index (κ3) is 3.18. The van der Waals surface area contributed by atoms with Gasteiger partial charge in [-0.1, -0.05) is 0 Å². The Kier molecular flexibility index (Phi) is 4.28. The molecular formula is C16H15N3O6S. The molecule has 136 valence electrons. The molecule has 0 radical (unpaired) electrons. The van der Waals surface area contributed by atoms with Gasteiger partial charge in [0.05, 0.1) is 10.6 Å². The zero-order valence-corrected chi connectivity index (χ0v) is 14.7. The molecule has 0 unspecified atom stereocenters. The Morgan fingerprint density at radius 2 is 1.96 bits per heavy atom. The summed E-state index contributed by atoms with van der Waals surface area (Å²) in [4.78, 5) is 35.5. The Hall–Kier alpha value is -3.14. The van der Waals surface area contributed by atoms with Gasteiger partial charge in [0.25, 0.3) is 27.4 Å². The van der Waals surface area contributed by atoms with Crippen molar-refractivity contribution >= 4 is 27.5 Å². The summed E-state index contributed by atoms with van der Waals surface area (Å²) in [5.74, 6) is -1.13. The molecule has 0 saturated heterocycles. The fourth-order valence-corrected chi connectivity index (χ4v) is 3.36. The van der Waals surface area contributed by atoms with Crippen molar-refractivity contribution in [2.75, 3.05) is 11.9 Å². The SMILES string of the molecule is Cc1ccc(C(=O)NS(=O)(=O)c2ccc3c(c2)NC(=O)CO3)c(=O)n1C. The standard InChI is InChI=1S/C16H15N3O6S/c1-9-3-5-11(16(22)19(9)2)15(21)18-26(23,24)10-4-6-13-12(7-10)17-14(20)8-25-13/h3-7H,8H2,1-2H3,(H,17,20)(H,18,21). The number of aryl methyl sites for hydroxylation is 1. The lowest BCUT2D eigenvalue weighted by molar-refractivity contribution is -0.118. The number of hydrogen-bond donors (Lipinski definition) is 2. The molecular weight excluding hydrogens is 362 g/mol. The van der Waals surface area contributed by atoms with E-state index in [0.717, 1.165) is 0 Å². The highest BCUT2D eigenvalue weighted by atomic mass is 32.2. The van der Waals surface area contributed by atoms with Gasteiger partial charge in [-0.3, -0.25) is 14.4 Å². The summed E-state index contributed by atoms with van der Waals surface area (Å²) in [5, 5.41) is 2.49. The van der Waals surface area contributed by atoms with E-state index in [1.54, 1.807) is 6.92 Å². The van der Waals surface area contributed by atoms with Crippen molar-refractivity contribution in [3.8, 4) is 5.75 Å². The number of benzene rings is 1. The van der Waals surface area contributed by atoms with Gasteiger partial charge in [0.2, 0.25) is 0 Å². The maximum absolute atomic E-state index is 12.5. The van der Waals surface area contributed by atoms with Gasteiger partial charge in [-0.15, -0.1) is 0 Å². The maximum atomic E-state index is 12.5. The van der Waals surface area contributed by atoms with Gasteiger partial charge < -0.3 is 14.6 Å². The smallest absolute Gasteiger partial charge is 0.270 e. The van der Waals surface area contributed by atoms with Crippen LogP contribution in [-0.2, 0) is 21.9 Å². The number of anilines is 1. The fourth-order valence-electron chi connectivity index (χ4n) is 2.37. The predicted octanol–water partition coefficient (Wildman–Crippen LogP) is 0.143. The summed E-state index contributed by atoms with van der Waals surface area (Å²) in [6.07, 6.45) is 0. The van der Waals surface area contributed by atoms with Crippen LogP contribution in [0.1, 0.15) is 16.1 Å². The first kappa shape index (κ1) is 17.7. The molecule has 10 heteroatoms. The number of rotatable bonds is 3. The third-order valence-corrected chi connectivity index (χ3v) is 5.25. The van der Waals surface area contributed by atoms with Crippen molar-refractivity contribution in [3.05, 3.63) is 51.9 Å². The van der Waals surface area contributed by atoms with Gasteiger partial charge in [-0.2, -0.15) is 0 Å². The lowest BCUT2D eigenvalue weighted by Gasteiger charge is -2.18. The first-order chi connectivity index (χ1) is 12.2. The van der Waals surface area contributed by atoms with Crippen molar-refractivity contribution in [2.24, 2.45) is 7.05 Å². The Morgan fingerprint density at radius 3 is 2.69 bits per heavy atom. The first-order valence-corrected chi connectivity index (χ1v) is 8.98. The van der Waals surface area contributed by atoms with Crippen LogP contribution in [0.25, 0.3) is 0 Å². The van der Waals surface area contributed by atoms with E-state index in [-0.39, 0.29) is 22.8 Å². The molecule has 0 saturated carbocycles. The summed E-state index contributed by atoms with van der Waals surface area (Å²) in [6.45, 7) is 1.52. The molecule has 26 heavy (non-hydrogen) atoms.